The molecule has 7 heteroatoms. The molecular weight excluding hydrogens is 322 g/mol. The van der Waals surface area contributed by atoms with Crippen LogP contribution < -0.4 is 10.8 Å². The molecule has 0 saturated carbocycles. The molecule has 1 aliphatic carbocycles. The number of carbonyl (C=O) groups excluding carboxylic acids is 2. The maximum atomic E-state index is 12.6. The Morgan fingerprint density at radius 2 is 2.04 bits per heavy atom. The van der Waals surface area contributed by atoms with Gasteiger partial charge < -0.3 is 15.0 Å². The second kappa shape index (κ2) is 7.85. The molecule has 3 rings (SSSR count). The Kier molecular flexibility index (Phi) is 5.35. The van der Waals surface area contributed by atoms with Crippen molar-refractivity contribution in [3.8, 4) is 0 Å². The maximum absolute atomic E-state index is 12.6. The number of amides is 3. The van der Waals surface area contributed by atoms with Gasteiger partial charge in [-0.15, -0.1) is 0 Å². The van der Waals surface area contributed by atoms with E-state index in [0.29, 0.717) is 31.9 Å². The number of urea groups is 1. The van der Waals surface area contributed by atoms with E-state index in [0.717, 1.165) is 17.7 Å². The molecule has 0 radical (unpaired) electrons. The molecule has 2 aliphatic rings. The average Bonchev–Trinajstić information content (AvgIpc) is 2.62. The van der Waals surface area contributed by atoms with Gasteiger partial charge in [-0.1, -0.05) is 24.3 Å². The second-order valence-corrected chi connectivity index (χ2v) is 6.00. The van der Waals surface area contributed by atoms with Gasteiger partial charge in [-0.3, -0.25) is 10.0 Å². The Balaban J connectivity index is 1.74. The van der Waals surface area contributed by atoms with E-state index in [2.05, 4.69) is 5.32 Å². The summed E-state index contributed by atoms with van der Waals surface area (Å²) in [7, 11) is 0. The van der Waals surface area contributed by atoms with E-state index in [4.69, 9.17) is 9.94 Å². The SMILES string of the molecule is O=C(NO)C1C=C2CN(C(=O)Nc3ccccc3)CCCOC2=CC1. The van der Waals surface area contributed by atoms with Gasteiger partial charge in [-0.05, 0) is 31.1 Å². The van der Waals surface area contributed by atoms with Crippen molar-refractivity contribution in [2.24, 2.45) is 5.92 Å². The number of fused-ring (bicyclic) bond motifs is 1. The van der Waals surface area contributed by atoms with Crippen molar-refractivity contribution < 1.29 is 19.5 Å². The minimum absolute atomic E-state index is 0.193. The van der Waals surface area contributed by atoms with Crippen LogP contribution in [0, 0.1) is 5.92 Å². The summed E-state index contributed by atoms with van der Waals surface area (Å²) in [5.74, 6) is -0.227. The predicted octanol–water partition coefficient (Wildman–Crippen LogP) is 2.28. The first kappa shape index (κ1) is 17.0. The molecule has 1 saturated heterocycles. The van der Waals surface area contributed by atoms with E-state index in [9.17, 15) is 9.59 Å². The lowest BCUT2D eigenvalue weighted by Crippen LogP contribution is -2.40. The zero-order valence-corrected chi connectivity index (χ0v) is 13.8. The number of anilines is 1. The first-order valence-corrected chi connectivity index (χ1v) is 8.26. The fraction of sp³-hybridized carbons (Fsp3) is 0.333. The molecule has 1 aromatic rings. The standard InChI is InChI=1S/C18H21N3O4/c22-17(20-24)13-7-8-16-14(11-13)12-21(9-4-10-25-16)18(23)19-15-5-2-1-3-6-15/h1-3,5-6,8,11,13,24H,4,7,9-10,12H2,(H,19,23)(H,20,22). The van der Waals surface area contributed by atoms with E-state index in [-0.39, 0.29) is 6.03 Å². The lowest BCUT2D eigenvalue weighted by atomic mass is 9.93. The molecule has 1 heterocycles. The van der Waals surface area contributed by atoms with Gasteiger partial charge in [0.15, 0.2) is 0 Å². The highest BCUT2D eigenvalue weighted by Crippen LogP contribution is 2.26. The summed E-state index contributed by atoms with van der Waals surface area (Å²) in [4.78, 5) is 26.0. The molecule has 3 N–H and O–H groups in total. The summed E-state index contributed by atoms with van der Waals surface area (Å²) in [6, 6.07) is 9.08. The normalized spacial score (nSPS) is 20.0. The van der Waals surface area contributed by atoms with Crippen LogP contribution in [0.15, 0.2) is 53.8 Å². The average molecular weight is 343 g/mol. The van der Waals surface area contributed by atoms with Crippen LogP contribution in [0.4, 0.5) is 10.5 Å². The van der Waals surface area contributed by atoms with Gasteiger partial charge in [-0.2, -0.15) is 0 Å². The third-order valence-electron chi connectivity index (χ3n) is 4.23. The van der Waals surface area contributed by atoms with E-state index in [1.165, 1.54) is 0 Å². The number of nitrogens with zero attached hydrogens (tertiary/aromatic N) is 1. The fourth-order valence-corrected chi connectivity index (χ4v) is 2.93. The third kappa shape index (κ3) is 4.19. The number of hydroxylamine groups is 1. The van der Waals surface area contributed by atoms with E-state index < -0.39 is 11.8 Å². The summed E-state index contributed by atoms with van der Waals surface area (Å²) in [6.45, 7) is 1.41. The lowest BCUT2D eigenvalue weighted by Gasteiger charge is -2.30. The Morgan fingerprint density at radius 1 is 1.24 bits per heavy atom. The zero-order chi connectivity index (χ0) is 17.6. The molecule has 1 unspecified atom stereocenters. The highest BCUT2D eigenvalue weighted by atomic mass is 16.5. The third-order valence-corrected chi connectivity index (χ3v) is 4.23. The van der Waals surface area contributed by atoms with Crippen LogP contribution >= 0.6 is 0 Å². The molecule has 25 heavy (non-hydrogen) atoms. The number of para-hydroxylation sites is 1. The zero-order valence-electron chi connectivity index (χ0n) is 13.8. The number of benzene rings is 1. The van der Waals surface area contributed by atoms with Crippen LogP contribution in [0.3, 0.4) is 0 Å². The summed E-state index contributed by atoms with van der Waals surface area (Å²) in [5.41, 5.74) is 3.19. The van der Waals surface area contributed by atoms with E-state index in [1.54, 1.807) is 16.5 Å². The molecule has 0 aromatic heterocycles. The van der Waals surface area contributed by atoms with Crippen LogP contribution in [-0.2, 0) is 9.53 Å². The summed E-state index contributed by atoms with van der Waals surface area (Å²) in [6.07, 6.45) is 4.79. The molecule has 1 fully saturated rings. The topological polar surface area (TPSA) is 90.9 Å². The van der Waals surface area contributed by atoms with Crippen molar-refractivity contribution in [3.63, 3.8) is 0 Å². The first-order valence-electron chi connectivity index (χ1n) is 8.26. The Bertz CT molecular complexity index is 700. The monoisotopic (exact) mass is 343 g/mol. The number of hydrogen-bond acceptors (Lipinski definition) is 4. The van der Waals surface area contributed by atoms with Crippen LogP contribution in [0.1, 0.15) is 12.8 Å². The molecular formula is C18H21N3O4. The minimum Gasteiger partial charge on any atom is -0.494 e. The largest absolute Gasteiger partial charge is 0.494 e. The summed E-state index contributed by atoms with van der Waals surface area (Å²) in [5, 5.41) is 11.7. The van der Waals surface area contributed by atoms with Gasteiger partial charge >= 0.3 is 6.03 Å². The molecule has 132 valence electrons. The van der Waals surface area contributed by atoms with Gasteiger partial charge in [0.05, 0.1) is 19.1 Å². The van der Waals surface area contributed by atoms with Crippen molar-refractivity contribution in [3.05, 3.63) is 53.8 Å². The summed E-state index contributed by atoms with van der Waals surface area (Å²) < 4.78 is 5.74. The number of rotatable bonds is 2. The van der Waals surface area contributed by atoms with Crippen LogP contribution in [0.2, 0.25) is 0 Å². The van der Waals surface area contributed by atoms with Gasteiger partial charge in [0, 0.05) is 17.8 Å². The van der Waals surface area contributed by atoms with Crippen LogP contribution in [0.25, 0.3) is 0 Å². The number of hydrogen-bond donors (Lipinski definition) is 3. The smallest absolute Gasteiger partial charge is 0.322 e. The predicted molar refractivity (Wildman–Crippen MR) is 91.8 cm³/mol. The van der Waals surface area contributed by atoms with Gasteiger partial charge in [0.1, 0.15) is 5.76 Å². The molecule has 1 aliphatic heterocycles. The van der Waals surface area contributed by atoms with Crippen molar-refractivity contribution in [1.29, 1.82) is 0 Å². The highest BCUT2D eigenvalue weighted by molar-refractivity contribution is 5.89. The second-order valence-electron chi connectivity index (χ2n) is 6.00. The molecule has 0 spiro atoms. The van der Waals surface area contributed by atoms with Crippen LogP contribution in [-0.4, -0.2) is 41.7 Å². The quantitative estimate of drug-likeness (QED) is 0.567. The van der Waals surface area contributed by atoms with Gasteiger partial charge in [-0.25, -0.2) is 10.3 Å². The van der Waals surface area contributed by atoms with E-state index in [1.807, 2.05) is 36.4 Å². The Hall–Kier alpha value is -2.80. The van der Waals surface area contributed by atoms with Crippen molar-refractivity contribution in [1.82, 2.24) is 10.4 Å². The van der Waals surface area contributed by atoms with Gasteiger partial charge in [0.2, 0.25) is 0 Å². The molecule has 1 aromatic carbocycles. The first-order chi connectivity index (χ1) is 12.2. The molecule has 7 nitrogen and oxygen atoms in total. The highest BCUT2D eigenvalue weighted by Gasteiger charge is 2.26. The minimum atomic E-state index is -0.467. The molecule has 1 atom stereocenters. The number of nitrogens with one attached hydrogen (secondary N) is 2. The van der Waals surface area contributed by atoms with Crippen molar-refractivity contribution in [2.45, 2.75) is 12.8 Å². The van der Waals surface area contributed by atoms with Crippen molar-refractivity contribution in [2.75, 3.05) is 25.0 Å². The lowest BCUT2D eigenvalue weighted by molar-refractivity contribution is -0.131. The Labute approximate surface area is 145 Å². The fourth-order valence-electron chi connectivity index (χ4n) is 2.93. The van der Waals surface area contributed by atoms with Gasteiger partial charge in [0.25, 0.3) is 5.91 Å². The van der Waals surface area contributed by atoms with Crippen LogP contribution in [0.5, 0.6) is 0 Å². The summed E-state index contributed by atoms with van der Waals surface area (Å²) >= 11 is 0. The number of ether oxygens (including phenoxy) is 1. The Morgan fingerprint density at radius 3 is 2.80 bits per heavy atom. The maximum Gasteiger partial charge on any atom is 0.322 e. The number of allylic oxidation sites excluding steroid dienone is 1. The van der Waals surface area contributed by atoms with Crippen molar-refractivity contribution >= 4 is 17.6 Å². The number of carbonyl (C=O) groups is 2. The molecule has 0 bridgehead atoms. The molecule has 3 amide bonds. The van der Waals surface area contributed by atoms with E-state index >= 15 is 0 Å².